The van der Waals surface area contributed by atoms with E-state index in [4.69, 9.17) is 4.74 Å². The Balaban J connectivity index is 1.48. The molecule has 2 aromatic rings. The summed E-state index contributed by atoms with van der Waals surface area (Å²) >= 11 is 1.67. The fraction of sp³-hybridized carbons (Fsp3) is 0.500. The zero-order valence-electron chi connectivity index (χ0n) is 17.7. The van der Waals surface area contributed by atoms with Crippen molar-refractivity contribution in [3.8, 4) is 5.75 Å². The molecule has 2 fully saturated rings. The summed E-state index contributed by atoms with van der Waals surface area (Å²) in [7, 11) is -2.22. The second-order valence-corrected chi connectivity index (χ2v) is 10.8. The lowest BCUT2D eigenvalue weighted by molar-refractivity contribution is -0.117. The highest BCUT2D eigenvalue weighted by Gasteiger charge is 2.30. The maximum atomic E-state index is 13.2. The first-order valence-electron chi connectivity index (χ1n) is 10.7. The number of sulfonamides is 1. The topological polar surface area (TPSA) is 79.0 Å². The number of carbonyl (C=O) groups excluding carboxylic acids is 1. The van der Waals surface area contributed by atoms with Crippen molar-refractivity contribution in [1.82, 2.24) is 9.21 Å². The molecule has 0 aliphatic carbocycles. The van der Waals surface area contributed by atoms with E-state index in [1.54, 1.807) is 23.5 Å². The van der Waals surface area contributed by atoms with Crippen LogP contribution < -0.4 is 10.1 Å². The first-order valence-corrected chi connectivity index (χ1v) is 13.1. The zero-order chi connectivity index (χ0) is 21.8. The normalized spacial score (nSPS) is 20.6. The molecule has 9 heteroatoms. The summed E-state index contributed by atoms with van der Waals surface area (Å²) in [4.78, 5) is 15.0. The minimum absolute atomic E-state index is 0.104. The van der Waals surface area contributed by atoms with Crippen LogP contribution in [-0.2, 0) is 14.8 Å². The maximum Gasteiger partial charge on any atom is 0.246 e. The molecule has 31 heavy (non-hydrogen) atoms. The molecule has 1 atom stereocenters. The van der Waals surface area contributed by atoms with Gasteiger partial charge in [-0.15, -0.1) is 0 Å². The van der Waals surface area contributed by atoms with Crippen molar-refractivity contribution in [2.45, 2.75) is 43.0 Å². The van der Waals surface area contributed by atoms with Crippen molar-refractivity contribution >= 4 is 33.0 Å². The van der Waals surface area contributed by atoms with E-state index < -0.39 is 10.0 Å². The van der Waals surface area contributed by atoms with Gasteiger partial charge in [0.2, 0.25) is 15.9 Å². The number of nitrogens with zero attached hydrogens (tertiary/aromatic N) is 2. The highest BCUT2D eigenvalue weighted by atomic mass is 32.2. The maximum absolute atomic E-state index is 13.2. The fourth-order valence-corrected chi connectivity index (χ4v) is 6.85. The van der Waals surface area contributed by atoms with Crippen LogP contribution in [-0.4, -0.2) is 56.8 Å². The Morgan fingerprint density at radius 2 is 1.97 bits per heavy atom. The molecule has 0 bridgehead atoms. The third-order valence-corrected chi connectivity index (χ3v) is 8.64. The predicted molar refractivity (Wildman–Crippen MR) is 122 cm³/mol. The highest BCUT2D eigenvalue weighted by Crippen LogP contribution is 2.33. The van der Waals surface area contributed by atoms with Crippen LogP contribution in [0.2, 0.25) is 0 Å². The number of ether oxygens (including phenoxy) is 1. The summed E-state index contributed by atoms with van der Waals surface area (Å²) < 4.78 is 33.2. The molecule has 1 aromatic heterocycles. The Labute approximate surface area is 188 Å². The fourth-order valence-electron chi connectivity index (χ4n) is 4.44. The Morgan fingerprint density at radius 3 is 2.68 bits per heavy atom. The Kier molecular flexibility index (Phi) is 6.95. The average molecular weight is 464 g/mol. The second kappa shape index (κ2) is 9.68. The standard InChI is InChI=1S/C22H29N3O4S2/c1-29-20-8-7-18(14-21(20)31(27,28)25-11-3-2-4-12-25)23-22(26)15-24-10-5-6-19(24)17-9-13-30-16-17/h7-9,13-14,16,19H,2-6,10-12,15H2,1H3,(H,23,26). The Hall–Kier alpha value is -1.94. The van der Waals surface area contributed by atoms with E-state index in [0.717, 1.165) is 38.6 Å². The number of thiophene rings is 1. The number of hydrogen-bond donors (Lipinski definition) is 1. The molecule has 1 amide bonds. The molecule has 2 saturated heterocycles. The van der Waals surface area contributed by atoms with Gasteiger partial charge in [-0.1, -0.05) is 6.42 Å². The van der Waals surface area contributed by atoms with Gasteiger partial charge in [-0.05, 0) is 72.8 Å². The van der Waals surface area contributed by atoms with E-state index in [-0.39, 0.29) is 23.4 Å². The highest BCUT2D eigenvalue weighted by molar-refractivity contribution is 7.89. The van der Waals surface area contributed by atoms with E-state index in [2.05, 4.69) is 27.0 Å². The van der Waals surface area contributed by atoms with E-state index in [0.29, 0.717) is 24.5 Å². The summed E-state index contributed by atoms with van der Waals surface area (Å²) in [5, 5.41) is 7.09. The minimum atomic E-state index is -3.68. The summed E-state index contributed by atoms with van der Waals surface area (Å²) in [5.41, 5.74) is 1.72. The number of rotatable bonds is 7. The van der Waals surface area contributed by atoms with E-state index in [1.807, 2.05) is 0 Å². The third-order valence-electron chi connectivity index (χ3n) is 6.02. The number of methoxy groups -OCH3 is 1. The monoisotopic (exact) mass is 463 g/mol. The van der Waals surface area contributed by atoms with Gasteiger partial charge >= 0.3 is 0 Å². The molecule has 2 aliphatic rings. The molecule has 3 heterocycles. The van der Waals surface area contributed by atoms with Gasteiger partial charge in [-0.25, -0.2) is 8.42 Å². The van der Waals surface area contributed by atoms with Crippen LogP contribution in [0.5, 0.6) is 5.75 Å². The lowest BCUT2D eigenvalue weighted by Gasteiger charge is -2.27. The molecule has 4 rings (SSSR count). The van der Waals surface area contributed by atoms with Crippen LogP contribution in [0.15, 0.2) is 39.9 Å². The number of carbonyl (C=O) groups is 1. The van der Waals surface area contributed by atoms with Gasteiger partial charge < -0.3 is 10.1 Å². The van der Waals surface area contributed by atoms with Gasteiger partial charge in [0, 0.05) is 24.8 Å². The Bertz CT molecular complexity index is 1000. The van der Waals surface area contributed by atoms with Crippen molar-refractivity contribution in [3.63, 3.8) is 0 Å². The molecule has 1 N–H and O–H groups in total. The largest absolute Gasteiger partial charge is 0.495 e. The van der Waals surface area contributed by atoms with Gasteiger partial charge in [0.05, 0.1) is 13.7 Å². The minimum Gasteiger partial charge on any atom is -0.495 e. The number of amides is 1. The molecule has 2 aliphatic heterocycles. The number of nitrogens with one attached hydrogen (secondary N) is 1. The first-order chi connectivity index (χ1) is 15.0. The van der Waals surface area contributed by atoms with Crippen LogP contribution in [0.1, 0.15) is 43.7 Å². The van der Waals surface area contributed by atoms with E-state index in [1.165, 1.54) is 23.0 Å². The molecular weight excluding hydrogens is 434 g/mol. The van der Waals surface area contributed by atoms with Gasteiger partial charge in [-0.3, -0.25) is 9.69 Å². The van der Waals surface area contributed by atoms with Crippen molar-refractivity contribution in [1.29, 1.82) is 0 Å². The van der Waals surface area contributed by atoms with Crippen molar-refractivity contribution in [3.05, 3.63) is 40.6 Å². The first kappa shape index (κ1) is 22.3. The molecule has 168 valence electrons. The summed E-state index contributed by atoms with van der Waals surface area (Å²) in [6.45, 7) is 2.19. The summed E-state index contributed by atoms with van der Waals surface area (Å²) in [6.07, 6.45) is 4.87. The van der Waals surface area contributed by atoms with Crippen LogP contribution in [0.25, 0.3) is 0 Å². The molecule has 0 saturated carbocycles. The average Bonchev–Trinajstić information content (AvgIpc) is 3.46. The molecule has 1 aromatic carbocycles. The zero-order valence-corrected chi connectivity index (χ0v) is 19.4. The van der Waals surface area contributed by atoms with Crippen molar-refractivity contribution in [2.24, 2.45) is 0 Å². The number of benzene rings is 1. The summed E-state index contributed by atoms with van der Waals surface area (Å²) in [5.74, 6) is 0.147. The van der Waals surface area contributed by atoms with Gasteiger partial charge in [-0.2, -0.15) is 15.6 Å². The van der Waals surface area contributed by atoms with Crippen LogP contribution in [0.4, 0.5) is 5.69 Å². The van der Waals surface area contributed by atoms with Crippen LogP contribution in [0.3, 0.4) is 0 Å². The molecule has 7 nitrogen and oxygen atoms in total. The van der Waals surface area contributed by atoms with Gasteiger partial charge in [0.15, 0.2) is 0 Å². The van der Waals surface area contributed by atoms with Gasteiger partial charge in [0.1, 0.15) is 10.6 Å². The third kappa shape index (κ3) is 4.95. The molecule has 0 radical (unpaired) electrons. The number of hydrogen-bond acceptors (Lipinski definition) is 6. The van der Waals surface area contributed by atoms with Crippen LogP contribution >= 0.6 is 11.3 Å². The smallest absolute Gasteiger partial charge is 0.246 e. The quantitative estimate of drug-likeness (QED) is 0.677. The summed E-state index contributed by atoms with van der Waals surface area (Å²) in [6, 6.07) is 7.19. The van der Waals surface area contributed by atoms with E-state index in [9.17, 15) is 13.2 Å². The van der Waals surface area contributed by atoms with Gasteiger partial charge in [0.25, 0.3) is 0 Å². The molecule has 0 spiro atoms. The lowest BCUT2D eigenvalue weighted by atomic mass is 10.1. The lowest BCUT2D eigenvalue weighted by Crippen LogP contribution is -2.36. The predicted octanol–water partition coefficient (Wildman–Crippen LogP) is 3.71. The number of likely N-dealkylation sites (tertiary alicyclic amines) is 1. The molecule has 1 unspecified atom stereocenters. The SMILES string of the molecule is COc1ccc(NC(=O)CN2CCCC2c2ccsc2)cc1S(=O)(=O)N1CCCCC1. The van der Waals surface area contributed by atoms with Crippen LogP contribution in [0, 0.1) is 0 Å². The molecular formula is C22H29N3O4S2. The van der Waals surface area contributed by atoms with Crippen molar-refractivity contribution in [2.75, 3.05) is 38.6 Å². The number of anilines is 1. The number of piperidine rings is 1. The van der Waals surface area contributed by atoms with E-state index >= 15 is 0 Å². The van der Waals surface area contributed by atoms with Crippen molar-refractivity contribution < 1.29 is 17.9 Å². The second-order valence-electron chi connectivity index (χ2n) is 8.06. The Morgan fingerprint density at radius 1 is 1.16 bits per heavy atom.